The third-order valence-electron chi connectivity index (χ3n) is 4.11. The molecule has 1 amide bonds. The second-order valence-electron chi connectivity index (χ2n) is 6.16. The second kappa shape index (κ2) is 7.40. The Kier molecular flexibility index (Phi) is 5.15. The van der Waals surface area contributed by atoms with Crippen LogP contribution in [-0.2, 0) is 19.6 Å². The van der Waals surface area contributed by atoms with E-state index in [1.807, 2.05) is 0 Å². The molecule has 3 rings (SSSR count). The molecule has 144 valence electrons. The lowest BCUT2D eigenvalue weighted by atomic mass is 10.0. The van der Waals surface area contributed by atoms with Crippen molar-refractivity contribution in [2.24, 2.45) is 4.99 Å². The van der Waals surface area contributed by atoms with Crippen LogP contribution in [-0.4, -0.2) is 26.9 Å². The van der Waals surface area contributed by atoms with Crippen molar-refractivity contribution in [2.45, 2.75) is 18.7 Å². The molecule has 0 unspecified atom stereocenters. The van der Waals surface area contributed by atoms with E-state index in [1.165, 1.54) is 42.5 Å². The number of nitrogens with one attached hydrogen (secondary N) is 1. The smallest absolute Gasteiger partial charge is 0.338 e. The lowest BCUT2D eigenvalue weighted by molar-refractivity contribution is -0.113. The highest BCUT2D eigenvalue weighted by Gasteiger charge is 2.19. The molecule has 0 aromatic heterocycles. The van der Waals surface area contributed by atoms with E-state index in [2.05, 4.69) is 16.3 Å². The Bertz CT molecular complexity index is 1210. The molecule has 1 N–H and O–H groups in total. The maximum absolute atomic E-state index is 12.8. The maximum Gasteiger partial charge on any atom is 0.338 e. The lowest BCUT2D eigenvalue weighted by Crippen LogP contribution is -2.32. The summed E-state index contributed by atoms with van der Waals surface area (Å²) >= 11 is 0. The van der Waals surface area contributed by atoms with Gasteiger partial charge in [-0.25, -0.2) is 18.2 Å². The summed E-state index contributed by atoms with van der Waals surface area (Å²) in [7, 11) is -3.91. The van der Waals surface area contributed by atoms with Crippen molar-refractivity contribution >= 4 is 39.7 Å². The number of anilines is 1. The molecule has 0 radical (unpaired) electrons. The number of carbonyl (C=O) groups is 2. The second-order valence-corrected chi connectivity index (χ2v) is 7.84. The van der Waals surface area contributed by atoms with Gasteiger partial charge >= 0.3 is 5.97 Å². The standard InChI is InChI=1S/C20H18N2O5S/c1-4-27-20(24)14-5-7-15(8-6-14)22-28(25,26)16-9-13(3)19-17(11-16)12(2)10-18(23)21-19/h5-11,22H,3-4H2,1-2H3. The predicted molar refractivity (Wildman–Crippen MR) is 105 cm³/mol. The number of hydrogen-bond acceptors (Lipinski definition) is 5. The van der Waals surface area contributed by atoms with Crippen molar-refractivity contribution in [1.82, 2.24) is 0 Å². The van der Waals surface area contributed by atoms with Gasteiger partial charge in [0.25, 0.3) is 15.9 Å². The van der Waals surface area contributed by atoms with Crippen LogP contribution in [0, 0.1) is 0 Å². The van der Waals surface area contributed by atoms with Crippen molar-refractivity contribution < 1.29 is 22.7 Å². The number of fused-ring (bicyclic) bond motifs is 1. The zero-order valence-electron chi connectivity index (χ0n) is 15.4. The van der Waals surface area contributed by atoms with Crippen LogP contribution in [0.3, 0.4) is 0 Å². The number of rotatable bonds is 5. The van der Waals surface area contributed by atoms with Crippen molar-refractivity contribution in [3.8, 4) is 0 Å². The van der Waals surface area contributed by atoms with E-state index in [0.717, 1.165) is 0 Å². The third kappa shape index (κ3) is 3.86. The number of hydrogen-bond donors (Lipinski definition) is 1. The lowest BCUT2D eigenvalue weighted by Gasteiger charge is -2.12. The largest absolute Gasteiger partial charge is 0.462 e. The van der Waals surface area contributed by atoms with Crippen LogP contribution >= 0.6 is 0 Å². The topological polar surface area (TPSA) is 102 Å². The number of benzene rings is 2. The number of esters is 1. The summed E-state index contributed by atoms with van der Waals surface area (Å²) in [5.41, 5.74) is 1.79. The van der Waals surface area contributed by atoms with Gasteiger partial charge in [-0.3, -0.25) is 9.52 Å². The van der Waals surface area contributed by atoms with Gasteiger partial charge in [-0.1, -0.05) is 6.58 Å². The van der Waals surface area contributed by atoms with Crippen LogP contribution in [0.1, 0.15) is 29.8 Å². The molecule has 1 aliphatic rings. The molecule has 0 bridgehead atoms. The average Bonchev–Trinajstić information content (AvgIpc) is 2.63. The zero-order valence-corrected chi connectivity index (χ0v) is 16.2. The molecule has 8 heteroatoms. The van der Waals surface area contributed by atoms with Crippen LogP contribution in [0.2, 0.25) is 0 Å². The number of sulfonamides is 1. The quantitative estimate of drug-likeness (QED) is 0.772. The predicted octanol–water partition coefficient (Wildman–Crippen LogP) is 1.64. The highest BCUT2D eigenvalue weighted by atomic mass is 32.2. The Hall–Kier alpha value is -3.26. The number of allylic oxidation sites excluding steroid dienone is 1. The minimum atomic E-state index is -3.91. The molecule has 1 aliphatic heterocycles. The fraction of sp³-hybridized carbons (Fsp3) is 0.150. The van der Waals surface area contributed by atoms with Gasteiger partial charge in [0.15, 0.2) is 0 Å². The Morgan fingerprint density at radius 2 is 1.89 bits per heavy atom. The number of carbonyl (C=O) groups excluding carboxylic acids is 2. The zero-order chi connectivity index (χ0) is 20.5. The van der Waals surface area contributed by atoms with Gasteiger partial charge < -0.3 is 4.74 Å². The molecule has 0 fully saturated rings. The number of nitrogens with zero attached hydrogens (tertiary/aromatic N) is 1. The van der Waals surface area contributed by atoms with Gasteiger partial charge in [0.2, 0.25) is 0 Å². The van der Waals surface area contributed by atoms with Crippen molar-refractivity contribution in [1.29, 1.82) is 0 Å². The first-order chi connectivity index (χ1) is 13.2. The summed E-state index contributed by atoms with van der Waals surface area (Å²) in [5, 5.41) is 0.721. The van der Waals surface area contributed by atoms with E-state index < -0.39 is 21.9 Å². The highest BCUT2D eigenvalue weighted by Crippen LogP contribution is 2.19. The minimum absolute atomic E-state index is 0.00279. The van der Waals surface area contributed by atoms with Crippen LogP contribution in [0.15, 0.2) is 52.4 Å². The van der Waals surface area contributed by atoms with E-state index >= 15 is 0 Å². The van der Waals surface area contributed by atoms with Gasteiger partial charge in [0.1, 0.15) is 0 Å². The summed E-state index contributed by atoms with van der Waals surface area (Å²) in [6.07, 6.45) is 1.35. The minimum Gasteiger partial charge on any atom is -0.462 e. The normalized spacial score (nSPS) is 13.2. The maximum atomic E-state index is 12.8. The van der Waals surface area contributed by atoms with Crippen LogP contribution in [0.25, 0.3) is 12.2 Å². The fourth-order valence-electron chi connectivity index (χ4n) is 2.76. The average molecular weight is 398 g/mol. The van der Waals surface area contributed by atoms with E-state index in [0.29, 0.717) is 33.0 Å². The molecular weight excluding hydrogens is 380 g/mol. The first-order valence-corrected chi connectivity index (χ1v) is 9.94. The SMILES string of the molecule is C=c1cc(S(=O)(=O)Nc2ccc(C(=O)OCC)cc2)cc2c1=NC(=O)C=C2C. The molecule has 0 atom stereocenters. The van der Waals surface area contributed by atoms with E-state index in [-0.39, 0.29) is 11.5 Å². The van der Waals surface area contributed by atoms with Gasteiger partial charge in [-0.15, -0.1) is 0 Å². The van der Waals surface area contributed by atoms with E-state index in [1.54, 1.807) is 13.8 Å². The molecule has 28 heavy (non-hydrogen) atoms. The summed E-state index contributed by atoms with van der Waals surface area (Å²) in [6, 6.07) is 8.74. The van der Waals surface area contributed by atoms with Crippen LogP contribution in [0.4, 0.5) is 5.69 Å². The first kappa shape index (κ1) is 19.5. The van der Waals surface area contributed by atoms with E-state index in [4.69, 9.17) is 4.74 Å². The summed E-state index contributed by atoms with van der Waals surface area (Å²) in [6.45, 7) is 7.49. The molecule has 0 saturated carbocycles. The molecule has 0 saturated heterocycles. The molecule has 2 aromatic rings. The van der Waals surface area contributed by atoms with Crippen LogP contribution in [0.5, 0.6) is 0 Å². The van der Waals surface area contributed by atoms with E-state index in [9.17, 15) is 18.0 Å². The molecule has 7 nitrogen and oxygen atoms in total. The van der Waals surface area contributed by atoms with Crippen molar-refractivity contribution in [2.75, 3.05) is 11.3 Å². The Labute approximate surface area is 162 Å². The summed E-state index contributed by atoms with van der Waals surface area (Å²) < 4.78 is 32.9. The first-order valence-electron chi connectivity index (χ1n) is 8.45. The molecule has 0 aliphatic carbocycles. The van der Waals surface area contributed by atoms with Gasteiger partial charge in [0, 0.05) is 17.3 Å². The Morgan fingerprint density at radius 3 is 2.54 bits per heavy atom. The van der Waals surface area contributed by atoms with Gasteiger partial charge in [0.05, 0.1) is 22.4 Å². The highest BCUT2D eigenvalue weighted by molar-refractivity contribution is 7.92. The summed E-state index contributed by atoms with van der Waals surface area (Å²) in [5.74, 6) is -0.876. The van der Waals surface area contributed by atoms with Crippen molar-refractivity contribution in [3.05, 3.63) is 64.2 Å². The van der Waals surface area contributed by atoms with Gasteiger partial charge in [-0.2, -0.15) is 0 Å². The molecule has 0 spiro atoms. The monoisotopic (exact) mass is 398 g/mol. The van der Waals surface area contributed by atoms with Crippen LogP contribution < -0.4 is 15.3 Å². The number of amides is 1. The summed E-state index contributed by atoms with van der Waals surface area (Å²) in [4.78, 5) is 27.2. The molecule has 1 heterocycles. The molecular formula is C20H18N2O5S. The molecule has 2 aromatic carbocycles. The Morgan fingerprint density at radius 1 is 1.21 bits per heavy atom. The fourth-order valence-corrected chi connectivity index (χ4v) is 3.90. The Balaban J connectivity index is 1.93. The van der Waals surface area contributed by atoms with Crippen molar-refractivity contribution in [3.63, 3.8) is 0 Å². The third-order valence-corrected chi connectivity index (χ3v) is 5.47. The van der Waals surface area contributed by atoms with Gasteiger partial charge in [-0.05, 0) is 61.0 Å². The number of ether oxygens (including phenoxy) is 1.